The summed E-state index contributed by atoms with van der Waals surface area (Å²) in [7, 11) is 0. The van der Waals surface area contributed by atoms with E-state index < -0.39 is 0 Å². The lowest BCUT2D eigenvalue weighted by Gasteiger charge is -2.12. The second kappa shape index (κ2) is 10.2. The molecule has 10 rings (SSSR count). The Morgan fingerprint density at radius 3 is 1.83 bits per heavy atom. The van der Waals surface area contributed by atoms with Crippen molar-refractivity contribution in [3.05, 3.63) is 169 Å². The molecule has 0 saturated carbocycles. The third kappa shape index (κ3) is 3.81. The minimum Gasteiger partial charge on any atom is -0.309 e. The highest BCUT2D eigenvalue weighted by Crippen LogP contribution is 2.41. The average Bonchev–Trinajstić information content (AvgIpc) is 3.67. The Kier molecular flexibility index (Phi) is 5.64. The Hall–Kier alpha value is -6.63. The van der Waals surface area contributed by atoms with Gasteiger partial charge in [0.25, 0.3) is 0 Å². The van der Waals surface area contributed by atoms with Crippen LogP contribution in [0.15, 0.2) is 164 Å². The van der Waals surface area contributed by atoms with Gasteiger partial charge in [0, 0.05) is 32.9 Å². The molecule has 0 fully saturated rings. The summed E-state index contributed by atoms with van der Waals surface area (Å²) in [4.78, 5) is 0. The van der Waals surface area contributed by atoms with Gasteiger partial charge < -0.3 is 9.13 Å². The highest BCUT2D eigenvalue weighted by Gasteiger charge is 2.18. The average molecular weight is 610 g/mol. The van der Waals surface area contributed by atoms with Gasteiger partial charge in [0.15, 0.2) is 0 Å². The van der Waals surface area contributed by atoms with E-state index in [1.807, 2.05) is 18.2 Å². The van der Waals surface area contributed by atoms with Gasteiger partial charge in [-0.1, -0.05) is 103 Å². The first kappa shape index (κ1) is 26.6. The number of nitriles is 1. The largest absolute Gasteiger partial charge is 0.309 e. The summed E-state index contributed by atoms with van der Waals surface area (Å²) in [5, 5.41) is 19.1. The molecule has 0 spiro atoms. The van der Waals surface area contributed by atoms with Crippen molar-refractivity contribution in [1.82, 2.24) is 9.13 Å². The fraction of sp³-hybridized carbons (Fsp3) is 0. The highest BCUT2D eigenvalue weighted by molar-refractivity contribution is 6.17. The number of aromatic nitrogens is 2. The van der Waals surface area contributed by atoms with E-state index in [1.54, 1.807) is 0 Å². The summed E-state index contributed by atoms with van der Waals surface area (Å²) < 4.78 is 4.77. The van der Waals surface area contributed by atoms with E-state index in [0.29, 0.717) is 5.56 Å². The third-order valence-electron chi connectivity index (χ3n) is 9.91. The van der Waals surface area contributed by atoms with E-state index >= 15 is 0 Å². The fourth-order valence-corrected chi connectivity index (χ4v) is 7.78. The first-order valence-corrected chi connectivity index (χ1v) is 16.2. The van der Waals surface area contributed by atoms with Crippen molar-refractivity contribution in [3.63, 3.8) is 0 Å². The zero-order chi connectivity index (χ0) is 31.8. The Bertz CT molecular complexity index is 2950. The molecule has 2 heterocycles. The van der Waals surface area contributed by atoms with E-state index in [2.05, 4.69) is 161 Å². The first-order valence-electron chi connectivity index (χ1n) is 16.2. The normalized spacial score (nSPS) is 11.7. The summed E-state index contributed by atoms with van der Waals surface area (Å²) in [6, 6.07) is 60.9. The summed E-state index contributed by atoms with van der Waals surface area (Å²) in [5.74, 6) is 0. The topological polar surface area (TPSA) is 33.6 Å². The number of benzene rings is 8. The van der Waals surface area contributed by atoms with Crippen LogP contribution in [0.2, 0.25) is 0 Å². The van der Waals surface area contributed by atoms with Gasteiger partial charge in [-0.25, -0.2) is 0 Å². The SMILES string of the molecule is N#Cc1ccc2ccc3ccc(-n4c5ccccc5c5c(-c6ccc7c8ccccc8n(-c8ccccc8)c7c6)cccc54)cc3c2c1. The molecule has 2 aromatic heterocycles. The van der Waals surface area contributed by atoms with E-state index in [-0.39, 0.29) is 0 Å². The zero-order valence-electron chi connectivity index (χ0n) is 25.9. The molecule has 3 nitrogen and oxygen atoms in total. The van der Waals surface area contributed by atoms with Gasteiger partial charge in [0.05, 0.1) is 33.7 Å². The summed E-state index contributed by atoms with van der Waals surface area (Å²) >= 11 is 0. The second-order valence-electron chi connectivity index (χ2n) is 12.5. The van der Waals surface area contributed by atoms with E-state index in [9.17, 15) is 5.26 Å². The van der Waals surface area contributed by atoms with Crippen LogP contribution in [-0.2, 0) is 0 Å². The van der Waals surface area contributed by atoms with Crippen LogP contribution in [0.25, 0.3) is 87.7 Å². The molecule has 222 valence electrons. The van der Waals surface area contributed by atoms with Crippen molar-refractivity contribution in [3.8, 4) is 28.6 Å². The third-order valence-corrected chi connectivity index (χ3v) is 9.91. The second-order valence-corrected chi connectivity index (χ2v) is 12.5. The van der Waals surface area contributed by atoms with Crippen LogP contribution in [0.1, 0.15) is 5.56 Å². The van der Waals surface area contributed by atoms with Crippen molar-refractivity contribution in [1.29, 1.82) is 5.26 Å². The molecule has 0 bridgehead atoms. The quantitative estimate of drug-likeness (QED) is 0.183. The first-order chi connectivity index (χ1) is 23.8. The highest BCUT2D eigenvalue weighted by atomic mass is 15.0. The van der Waals surface area contributed by atoms with Crippen LogP contribution in [0.5, 0.6) is 0 Å². The van der Waals surface area contributed by atoms with Crippen molar-refractivity contribution >= 4 is 65.2 Å². The lowest BCUT2D eigenvalue weighted by atomic mass is 9.98. The minimum absolute atomic E-state index is 0.671. The zero-order valence-corrected chi connectivity index (χ0v) is 25.9. The van der Waals surface area contributed by atoms with Crippen LogP contribution in [-0.4, -0.2) is 9.13 Å². The smallest absolute Gasteiger partial charge is 0.0991 e. The van der Waals surface area contributed by atoms with Crippen LogP contribution < -0.4 is 0 Å². The lowest BCUT2D eigenvalue weighted by molar-refractivity contribution is 1.18. The molecule has 8 aromatic carbocycles. The molecule has 0 radical (unpaired) electrons. The maximum absolute atomic E-state index is 9.64. The van der Waals surface area contributed by atoms with Crippen LogP contribution in [0.4, 0.5) is 0 Å². The standard InChI is InChI=1S/C45H27N3/c46-28-29-17-18-30-19-20-31-21-23-34(27-40(31)39(30)25-29)48-42-15-7-5-12-38(42)45-35(13-8-16-43(45)48)32-22-24-37-36-11-4-6-14-41(36)47(44(37)26-32)33-9-2-1-3-10-33/h1-27H. The van der Waals surface area contributed by atoms with Crippen LogP contribution in [0, 0.1) is 11.3 Å². The number of rotatable bonds is 3. The lowest BCUT2D eigenvalue weighted by Crippen LogP contribution is -1.94. The number of hydrogen-bond acceptors (Lipinski definition) is 1. The van der Waals surface area contributed by atoms with Gasteiger partial charge in [0.1, 0.15) is 0 Å². The molecule has 3 heteroatoms. The molecule has 0 N–H and O–H groups in total. The van der Waals surface area contributed by atoms with E-state index in [4.69, 9.17) is 0 Å². The van der Waals surface area contributed by atoms with Crippen molar-refractivity contribution < 1.29 is 0 Å². The fourth-order valence-electron chi connectivity index (χ4n) is 7.78. The molecule has 0 saturated heterocycles. The van der Waals surface area contributed by atoms with Crippen molar-refractivity contribution in [2.75, 3.05) is 0 Å². The summed E-state index contributed by atoms with van der Waals surface area (Å²) in [6.07, 6.45) is 0. The molecular formula is C45H27N3. The maximum Gasteiger partial charge on any atom is 0.0991 e. The number of fused-ring (bicyclic) bond motifs is 9. The predicted molar refractivity (Wildman–Crippen MR) is 200 cm³/mol. The molecule has 0 atom stereocenters. The molecule has 48 heavy (non-hydrogen) atoms. The Labute approximate surface area is 276 Å². The molecule has 0 aliphatic heterocycles. The predicted octanol–water partition coefficient (Wildman–Crippen LogP) is 11.7. The summed E-state index contributed by atoms with van der Waals surface area (Å²) in [5.41, 5.74) is 10.0. The Morgan fingerprint density at radius 2 is 1.02 bits per heavy atom. The number of nitrogens with zero attached hydrogens (tertiary/aromatic N) is 3. The van der Waals surface area contributed by atoms with Gasteiger partial charge in [-0.05, 0) is 93.3 Å². The maximum atomic E-state index is 9.64. The molecular weight excluding hydrogens is 583 g/mol. The Balaban J connectivity index is 1.25. The number of hydrogen-bond donors (Lipinski definition) is 0. The number of para-hydroxylation sites is 3. The van der Waals surface area contributed by atoms with E-state index in [0.717, 1.165) is 44.0 Å². The molecule has 0 unspecified atom stereocenters. The van der Waals surface area contributed by atoms with Gasteiger partial charge in [-0.15, -0.1) is 0 Å². The molecule has 0 aliphatic rings. The van der Waals surface area contributed by atoms with Gasteiger partial charge in [-0.3, -0.25) is 0 Å². The van der Waals surface area contributed by atoms with Crippen LogP contribution in [0.3, 0.4) is 0 Å². The van der Waals surface area contributed by atoms with Gasteiger partial charge in [0.2, 0.25) is 0 Å². The summed E-state index contributed by atoms with van der Waals surface area (Å²) in [6.45, 7) is 0. The monoisotopic (exact) mass is 609 g/mol. The minimum atomic E-state index is 0.671. The Morgan fingerprint density at radius 1 is 0.396 bits per heavy atom. The van der Waals surface area contributed by atoms with E-state index in [1.165, 1.54) is 43.7 Å². The molecule has 0 amide bonds. The van der Waals surface area contributed by atoms with Gasteiger partial charge >= 0.3 is 0 Å². The molecule has 10 aromatic rings. The van der Waals surface area contributed by atoms with Crippen LogP contribution >= 0.6 is 0 Å². The van der Waals surface area contributed by atoms with Gasteiger partial charge in [-0.2, -0.15) is 5.26 Å². The van der Waals surface area contributed by atoms with Crippen molar-refractivity contribution in [2.45, 2.75) is 0 Å². The molecule has 0 aliphatic carbocycles. The van der Waals surface area contributed by atoms with Crippen molar-refractivity contribution in [2.24, 2.45) is 0 Å².